The molecule has 0 radical (unpaired) electrons. The Morgan fingerprint density at radius 2 is 2.10 bits per heavy atom. The second-order valence-electron chi connectivity index (χ2n) is 7.00. The van der Waals surface area contributed by atoms with Gasteiger partial charge in [-0.05, 0) is 66.6 Å². The molecule has 30 heavy (non-hydrogen) atoms. The number of phenols is 1. The van der Waals surface area contributed by atoms with Gasteiger partial charge in [-0.25, -0.2) is 0 Å². The number of hydrogen-bond donors (Lipinski definition) is 3. The third-order valence-electron chi connectivity index (χ3n) is 4.83. The SMILES string of the molecule is CCOc1cc(C2C(C(=O)Nc3cccc(C)c3)=C(C)Nc3nnnn32)ccc1O. The summed E-state index contributed by atoms with van der Waals surface area (Å²) in [7, 11) is 0. The van der Waals surface area contributed by atoms with Crippen molar-refractivity contribution in [2.24, 2.45) is 0 Å². The van der Waals surface area contributed by atoms with Gasteiger partial charge in [-0.3, -0.25) is 4.79 Å². The van der Waals surface area contributed by atoms with E-state index in [9.17, 15) is 9.90 Å². The minimum atomic E-state index is -0.596. The third kappa shape index (κ3) is 3.57. The molecule has 0 aliphatic carbocycles. The first-order valence-corrected chi connectivity index (χ1v) is 9.57. The van der Waals surface area contributed by atoms with E-state index in [2.05, 4.69) is 26.2 Å². The van der Waals surface area contributed by atoms with E-state index in [1.54, 1.807) is 23.7 Å². The number of tetrazole rings is 1. The Balaban J connectivity index is 1.77. The lowest BCUT2D eigenvalue weighted by Crippen LogP contribution is -2.31. The first kappa shape index (κ1) is 19.4. The number of fused-ring (bicyclic) bond motifs is 1. The van der Waals surface area contributed by atoms with E-state index in [4.69, 9.17) is 4.74 Å². The summed E-state index contributed by atoms with van der Waals surface area (Å²) < 4.78 is 7.07. The molecule has 2 aromatic carbocycles. The first-order chi connectivity index (χ1) is 14.5. The van der Waals surface area contributed by atoms with E-state index in [-0.39, 0.29) is 11.7 Å². The van der Waals surface area contributed by atoms with E-state index >= 15 is 0 Å². The quantitative estimate of drug-likeness (QED) is 0.597. The molecule has 0 saturated carbocycles. The predicted octanol–water partition coefficient (Wildman–Crippen LogP) is 3.01. The highest BCUT2D eigenvalue weighted by Crippen LogP contribution is 2.38. The Morgan fingerprint density at radius 3 is 2.87 bits per heavy atom. The topological polar surface area (TPSA) is 114 Å². The molecule has 0 fully saturated rings. The monoisotopic (exact) mass is 406 g/mol. The van der Waals surface area contributed by atoms with Crippen molar-refractivity contribution < 1.29 is 14.6 Å². The molecular weight excluding hydrogens is 384 g/mol. The largest absolute Gasteiger partial charge is 0.504 e. The molecule has 1 aromatic heterocycles. The number of amides is 1. The van der Waals surface area contributed by atoms with Gasteiger partial charge in [-0.15, -0.1) is 0 Å². The van der Waals surface area contributed by atoms with Crippen LogP contribution in [-0.4, -0.2) is 37.8 Å². The highest BCUT2D eigenvalue weighted by atomic mass is 16.5. The maximum Gasteiger partial charge on any atom is 0.255 e. The van der Waals surface area contributed by atoms with Gasteiger partial charge in [0.2, 0.25) is 5.95 Å². The molecule has 1 atom stereocenters. The highest BCUT2D eigenvalue weighted by Gasteiger charge is 2.34. The summed E-state index contributed by atoms with van der Waals surface area (Å²) in [6.07, 6.45) is 0. The van der Waals surface area contributed by atoms with Crippen molar-refractivity contribution in [3.8, 4) is 11.5 Å². The fourth-order valence-electron chi connectivity index (χ4n) is 3.51. The Labute approximate surface area is 173 Å². The zero-order chi connectivity index (χ0) is 21.3. The molecule has 0 spiro atoms. The zero-order valence-electron chi connectivity index (χ0n) is 16.9. The Hall–Kier alpha value is -3.88. The molecule has 3 aromatic rings. The van der Waals surface area contributed by atoms with Crippen LogP contribution in [0.5, 0.6) is 11.5 Å². The van der Waals surface area contributed by atoms with Crippen molar-refractivity contribution in [1.29, 1.82) is 0 Å². The maximum absolute atomic E-state index is 13.3. The van der Waals surface area contributed by atoms with Crippen LogP contribution >= 0.6 is 0 Å². The molecule has 1 aliphatic heterocycles. The number of hydrogen-bond acceptors (Lipinski definition) is 7. The average molecular weight is 406 g/mol. The minimum absolute atomic E-state index is 0.0259. The number of phenolic OH excluding ortho intramolecular Hbond substituents is 1. The van der Waals surface area contributed by atoms with Crippen molar-refractivity contribution in [2.45, 2.75) is 26.8 Å². The van der Waals surface area contributed by atoms with Crippen molar-refractivity contribution in [3.63, 3.8) is 0 Å². The number of rotatable bonds is 5. The number of aromatic nitrogens is 4. The summed E-state index contributed by atoms with van der Waals surface area (Å²) in [5.74, 6) is 0.510. The molecule has 9 heteroatoms. The molecule has 1 amide bonds. The van der Waals surface area contributed by atoms with Gasteiger partial charge < -0.3 is 20.5 Å². The number of carbonyl (C=O) groups is 1. The molecule has 1 aliphatic rings. The molecule has 154 valence electrons. The number of aromatic hydroxyl groups is 1. The third-order valence-corrected chi connectivity index (χ3v) is 4.83. The van der Waals surface area contributed by atoms with Gasteiger partial charge in [0.25, 0.3) is 5.91 Å². The molecule has 4 rings (SSSR count). The van der Waals surface area contributed by atoms with Crippen LogP contribution in [0.1, 0.15) is 31.0 Å². The van der Waals surface area contributed by atoms with Gasteiger partial charge in [0.1, 0.15) is 6.04 Å². The number of nitrogens with zero attached hydrogens (tertiary/aromatic N) is 4. The molecular formula is C21H22N6O3. The van der Waals surface area contributed by atoms with E-state index < -0.39 is 6.04 Å². The fraction of sp³-hybridized carbons (Fsp3) is 0.238. The van der Waals surface area contributed by atoms with Crippen LogP contribution in [0.15, 0.2) is 53.7 Å². The van der Waals surface area contributed by atoms with Crippen molar-refractivity contribution >= 4 is 17.5 Å². The van der Waals surface area contributed by atoms with E-state index in [0.29, 0.717) is 40.8 Å². The van der Waals surface area contributed by atoms with Crippen LogP contribution in [0, 0.1) is 6.92 Å². The van der Waals surface area contributed by atoms with Gasteiger partial charge in [-0.1, -0.05) is 23.3 Å². The first-order valence-electron chi connectivity index (χ1n) is 9.57. The predicted molar refractivity (Wildman–Crippen MR) is 111 cm³/mol. The average Bonchev–Trinajstić information content (AvgIpc) is 3.16. The van der Waals surface area contributed by atoms with Crippen LogP contribution in [-0.2, 0) is 4.79 Å². The Kier molecular flexibility index (Phi) is 5.09. The van der Waals surface area contributed by atoms with Crippen LogP contribution in [0.2, 0.25) is 0 Å². The lowest BCUT2D eigenvalue weighted by atomic mass is 9.94. The summed E-state index contributed by atoms with van der Waals surface area (Å²) in [6, 6.07) is 12.0. The lowest BCUT2D eigenvalue weighted by molar-refractivity contribution is -0.113. The molecule has 9 nitrogen and oxygen atoms in total. The smallest absolute Gasteiger partial charge is 0.255 e. The number of carbonyl (C=O) groups excluding carboxylic acids is 1. The second-order valence-corrected chi connectivity index (χ2v) is 7.00. The standard InChI is InChI=1S/C21H22N6O3/c1-4-30-17-11-14(8-9-16(17)28)19-18(13(3)22-21-24-25-26-27(19)21)20(29)23-15-7-5-6-12(2)10-15/h5-11,19,28H,4H2,1-3H3,(H,23,29)(H,22,24,26). The summed E-state index contributed by atoms with van der Waals surface area (Å²) in [5, 5.41) is 27.9. The van der Waals surface area contributed by atoms with E-state index in [1.165, 1.54) is 6.07 Å². The molecule has 2 heterocycles. The van der Waals surface area contributed by atoms with Gasteiger partial charge in [0.15, 0.2) is 11.5 Å². The summed E-state index contributed by atoms with van der Waals surface area (Å²) in [6.45, 7) is 6.00. The number of nitrogens with one attached hydrogen (secondary N) is 2. The van der Waals surface area contributed by atoms with E-state index in [1.807, 2.05) is 38.1 Å². The Bertz CT molecular complexity index is 1140. The number of aryl methyl sites for hydroxylation is 1. The van der Waals surface area contributed by atoms with Gasteiger partial charge in [0, 0.05) is 11.4 Å². The van der Waals surface area contributed by atoms with Gasteiger partial charge in [0.05, 0.1) is 12.2 Å². The highest BCUT2D eigenvalue weighted by molar-refractivity contribution is 6.06. The van der Waals surface area contributed by atoms with E-state index in [0.717, 1.165) is 5.56 Å². The van der Waals surface area contributed by atoms with Gasteiger partial charge in [-0.2, -0.15) is 4.68 Å². The van der Waals surface area contributed by atoms with Gasteiger partial charge >= 0.3 is 0 Å². The molecule has 0 saturated heterocycles. The Morgan fingerprint density at radius 1 is 1.27 bits per heavy atom. The van der Waals surface area contributed by atoms with Crippen LogP contribution in [0.4, 0.5) is 11.6 Å². The maximum atomic E-state index is 13.3. The van der Waals surface area contributed by atoms with Crippen LogP contribution in [0.3, 0.4) is 0 Å². The van der Waals surface area contributed by atoms with Crippen molar-refractivity contribution in [2.75, 3.05) is 17.2 Å². The van der Waals surface area contributed by atoms with Crippen LogP contribution in [0.25, 0.3) is 0 Å². The molecule has 3 N–H and O–H groups in total. The lowest BCUT2D eigenvalue weighted by Gasteiger charge is -2.28. The second kappa shape index (κ2) is 7.86. The molecule has 0 bridgehead atoms. The number of ether oxygens (including phenoxy) is 1. The summed E-state index contributed by atoms with van der Waals surface area (Å²) in [5.41, 5.74) is 3.55. The van der Waals surface area contributed by atoms with Crippen molar-refractivity contribution in [3.05, 3.63) is 64.9 Å². The summed E-state index contributed by atoms with van der Waals surface area (Å²) >= 11 is 0. The minimum Gasteiger partial charge on any atom is -0.504 e. The fourth-order valence-corrected chi connectivity index (χ4v) is 3.51. The number of benzene rings is 2. The molecule has 1 unspecified atom stereocenters. The normalized spacial score (nSPS) is 15.4. The number of allylic oxidation sites excluding steroid dienone is 1. The van der Waals surface area contributed by atoms with Crippen molar-refractivity contribution in [1.82, 2.24) is 20.2 Å². The summed E-state index contributed by atoms with van der Waals surface area (Å²) in [4.78, 5) is 13.3. The number of anilines is 2. The van der Waals surface area contributed by atoms with Crippen LogP contribution < -0.4 is 15.4 Å². The zero-order valence-corrected chi connectivity index (χ0v) is 16.9.